The summed E-state index contributed by atoms with van der Waals surface area (Å²) in [5, 5.41) is 0. The standard InChI is InChI=1S/C21H26N2O5S/c1-27-18-9-11-20(12-10-18)29(25,26)23-15-13-22(14-16-23)21(24)8-5-17-28-19-6-3-2-4-7-19/h2-4,6-7,9-12H,5,8,13-17H2,1H3. The number of hydrogen-bond donors (Lipinski definition) is 0. The highest BCUT2D eigenvalue weighted by Gasteiger charge is 2.29. The van der Waals surface area contributed by atoms with Gasteiger partial charge in [0.1, 0.15) is 11.5 Å². The van der Waals surface area contributed by atoms with Crippen molar-refractivity contribution >= 4 is 15.9 Å². The Labute approximate surface area is 171 Å². The van der Waals surface area contributed by atoms with Crippen molar-refractivity contribution in [2.24, 2.45) is 0 Å². The zero-order valence-electron chi connectivity index (χ0n) is 16.5. The fraction of sp³-hybridized carbons (Fsp3) is 0.381. The van der Waals surface area contributed by atoms with Gasteiger partial charge in [0.05, 0.1) is 18.6 Å². The van der Waals surface area contributed by atoms with Crippen molar-refractivity contribution in [3.05, 3.63) is 54.6 Å². The van der Waals surface area contributed by atoms with Gasteiger partial charge in [0.25, 0.3) is 0 Å². The second-order valence-electron chi connectivity index (χ2n) is 6.73. The van der Waals surface area contributed by atoms with Gasteiger partial charge in [-0.1, -0.05) is 18.2 Å². The molecule has 0 radical (unpaired) electrons. The fourth-order valence-electron chi connectivity index (χ4n) is 3.16. The summed E-state index contributed by atoms with van der Waals surface area (Å²) in [5.41, 5.74) is 0. The summed E-state index contributed by atoms with van der Waals surface area (Å²) in [6, 6.07) is 15.8. The van der Waals surface area contributed by atoms with Gasteiger partial charge in [-0.05, 0) is 42.8 Å². The lowest BCUT2D eigenvalue weighted by Crippen LogP contribution is -2.50. The summed E-state index contributed by atoms with van der Waals surface area (Å²) in [6.07, 6.45) is 1.01. The van der Waals surface area contributed by atoms with Crippen LogP contribution in [0.1, 0.15) is 12.8 Å². The number of benzene rings is 2. The smallest absolute Gasteiger partial charge is 0.243 e. The van der Waals surface area contributed by atoms with Crippen molar-refractivity contribution in [1.82, 2.24) is 9.21 Å². The molecule has 0 saturated carbocycles. The third kappa shape index (κ3) is 5.48. The number of carbonyl (C=O) groups is 1. The van der Waals surface area contributed by atoms with E-state index in [2.05, 4.69) is 0 Å². The average Bonchev–Trinajstić information content (AvgIpc) is 2.77. The molecule has 0 bridgehead atoms. The van der Waals surface area contributed by atoms with E-state index in [9.17, 15) is 13.2 Å². The Morgan fingerprint density at radius 1 is 0.931 bits per heavy atom. The Morgan fingerprint density at radius 2 is 1.59 bits per heavy atom. The lowest BCUT2D eigenvalue weighted by molar-refractivity contribution is -0.132. The molecule has 7 nitrogen and oxygen atoms in total. The van der Waals surface area contributed by atoms with Gasteiger partial charge in [0, 0.05) is 32.6 Å². The number of methoxy groups -OCH3 is 1. The van der Waals surface area contributed by atoms with E-state index in [1.807, 2.05) is 30.3 Å². The number of carbonyl (C=O) groups excluding carboxylic acids is 1. The molecule has 1 saturated heterocycles. The Kier molecular flexibility index (Phi) is 7.11. The number of nitrogens with zero attached hydrogens (tertiary/aromatic N) is 2. The summed E-state index contributed by atoms with van der Waals surface area (Å²) in [7, 11) is -2.03. The van der Waals surface area contributed by atoms with Crippen molar-refractivity contribution in [3.63, 3.8) is 0 Å². The van der Waals surface area contributed by atoms with Gasteiger partial charge in [-0.3, -0.25) is 4.79 Å². The molecule has 8 heteroatoms. The van der Waals surface area contributed by atoms with Gasteiger partial charge >= 0.3 is 0 Å². The Morgan fingerprint density at radius 3 is 2.21 bits per heavy atom. The summed E-state index contributed by atoms with van der Waals surface area (Å²) in [6.45, 7) is 1.85. The fourth-order valence-corrected chi connectivity index (χ4v) is 4.59. The zero-order valence-corrected chi connectivity index (χ0v) is 17.3. The molecule has 0 aliphatic carbocycles. The van der Waals surface area contributed by atoms with E-state index in [0.29, 0.717) is 51.4 Å². The molecule has 3 rings (SSSR count). The van der Waals surface area contributed by atoms with Gasteiger partial charge in [0.15, 0.2) is 0 Å². The van der Waals surface area contributed by atoms with Crippen LogP contribution in [0.5, 0.6) is 11.5 Å². The molecule has 0 unspecified atom stereocenters. The zero-order chi connectivity index (χ0) is 20.7. The second-order valence-corrected chi connectivity index (χ2v) is 8.66. The number of hydrogen-bond acceptors (Lipinski definition) is 5. The minimum absolute atomic E-state index is 0.0307. The lowest BCUT2D eigenvalue weighted by atomic mass is 10.2. The first-order chi connectivity index (χ1) is 14.0. The summed E-state index contributed by atoms with van der Waals surface area (Å²) >= 11 is 0. The van der Waals surface area contributed by atoms with Crippen LogP contribution >= 0.6 is 0 Å². The number of sulfonamides is 1. The SMILES string of the molecule is COc1ccc(S(=O)(=O)N2CCN(C(=O)CCCOc3ccccc3)CC2)cc1. The molecule has 2 aromatic carbocycles. The van der Waals surface area contributed by atoms with Crippen LogP contribution in [0.25, 0.3) is 0 Å². The number of para-hydroxylation sites is 1. The van der Waals surface area contributed by atoms with Crippen molar-refractivity contribution in [2.75, 3.05) is 39.9 Å². The van der Waals surface area contributed by atoms with Crippen LogP contribution < -0.4 is 9.47 Å². The Balaban J connectivity index is 1.44. The van der Waals surface area contributed by atoms with Crippen LogP contribution in [0.4, 0.5) is 0 Å². The summed E-state index contributed by atoms with van der Waals surface area (Å²) in [5.74, 6) is 1.43. The molecule has 0 atom stereocenters. The highest BCUT2D eigenvalue weighted by molar-refractivity contribution is 7.89. The monoisotopic (exact) mass is 418 g/mol. The molecular weight excluding hydrogens is 392 g/mol. The van der Waals surface area contributed by atoms with Crippen molar-refractivity contribution in [1.29, 1.82) is 0 Å². The summed E-state index contributed by atoms with van der Waals surface area (Å²) < 4.78 is 37.7. The lowest BCUT2D eigenvalue weighted by Gasteiger charge is -2.34. The first-order valence-electron chi connectivity index (χ1n) is 9.60. The largest absolute Gasteiger partial charge is 0.497 e. The molecule has 0 aromatic heterocycles. The number of ether oxygens (including phenoxy) is 2. The maximum Gasteiger partial charge on any atom is 0.243 e. The van der Waals surface area contributed by atoms with Crippen LogP contribution in [0.3, 0.4) is 0 Å². The number of amides is 1. The van der Waals surface area contributed by atoms with Crippen molar-refractivity contribution < 1.29 is 22.7 Å². The third-order valence-electron chi connectivity index (χ3n) is 4.84. The molecule has 1 aliphatic heterocycles. The number of piperazine rings is 1. The molecule has 1 aliphatic rings. The van der Waals surface area contributed by atoms with E-state index < -0.39 is 10.0 Å². The van der Waals surface area contributed by atoms with Gasteiger partial charge in [-0.2, -0.15) is 4.31 Å². The van der Waals surface area contributed by atoms with Gasteiger partial charge in [0.2, 0.25) is 15.9 Å². The predicted octanol–water partition coefficient (Wildman–Crippen LogP) is 2.39. The van der Waals surface area contributed by atoms with E-state index in [-0.39, 0.29) is 10.8 Å². The van der Waals surface area contributed by atoms with Gasteiger partial charge in [-0.15, -0.1) is 0 Å². The predicted molar refractivity (Wildman–Crippen MR) is 110 cm³/mol. The second kappa shape index (κ2) is 9.76. The van der Waals surface area contributed by atoms with Crippen LogP contribution in [0, 0.1) is 0 Å². The molecular formula is C21H26N2O5S. The molecule has 1 amide bonds. The molecule has 0 N–H and O–H groups in total. The highest BCUT2D eigenvalue weighted by atomic mass is 32.2. The van der Waals surface area contributed by atoms with Crippen LogP contribution in [-0.4, -0.2) is 63.4 Å². The van der Waals surface area contributed by atoms with Crippen LogP contribution in [0.2, 0.25) is 0 Å². The van der Waals surface area contributed by atoms with E-state index in [1.165, 1.54) is 11.4 Å². The van der Waals surface area contributed by atoms with E-state index in [0.717, 1.165) is 5.75 Å². The average molecular weight is 419 g/mol. The van der Waals surface area contributed by atoms with Crippen molar-refractivity contribution in [2.45, 2.75) is 17.7 Å². The highest BCUT2D eigenvalue weighted by Crippen LogP contribution is 2.21. The third-order valence-corrected chi connectivity index (χ3v) is 6.75. The maximum absolute atomic E-state index is 12.8. The summed E-state index contributed by atoms with van der Waals surface area (Å²) in [4.78, 5) is 14.4. The topological polar surface area (TPSA) is 76.2 Å². The minimum Gasteiger partial charge on any atom is -0.497 e. The molecule has 0 spiro atoms. The normalized spacial score (nSPS) is 15.1. The molecule has 2 aromatic rings. The van der Waals surface area contributed by atoms with Gasteiger partial charge < -0.3 is 14.4 Å². The minimum atomic E-state index is -3.57. The first-order valence-corrected chi connectivity index (χ1v) is 11.0. The van der Waals surface area contributed by atoms with Crippen LogP contribution in [-0.2, 0) is 14.8 Å². The Bertz CT molecular complexity index is 892. The molecule has 29 heavy (non-hydrogen) atoms. The van der Waals surface area contributed by atoms with E-state index in [4.69, 9.17) is 9.47 Å². The molecule has 156 valence electrons. The Hall–Kier alpha value is -2.58. The van der Waals surface area contributed by atoms with Crippen molar-refractivity contribution in [3.8, 4) is 11.5 Å². The number of rotatable bonds is 8. The first kappa shape index (κ1) is 21.1. The molecule has 1 fully saturated rings. The van der Waals surface area contributed by atoms with E-state index in [1.54, 1.807) is 29.2 Å². The van der Waals surface area contributed by atoms with Crippen LogP contribution in [0.15, 0.2) is 59.5 Å². The molecule has 1 heterocycles. The van der Waals surface area contributed by atoms with Gasteiger partial charge in [-0.25, -0.2) is 8.42 Å². The van der Waals surface area contributed by atoms with E-state index >= 15 is 0 Å². The maximum atomic E-state index is 12.8. The quantitative estimate of drug-likeness (QED) is 0.616.